The molecule has 3 N–H and O–H groups in total. The van der Waals surface area contributed by atoms with Crippen LogP contribution in [0.3, 0.4) is 0 Å². The first kappa shape index (κ1) is 19.0. The van der Waals surface area contributed by atoms with Crippen LogP contribution in [-0.2, 0) is 11.3 Å². The second-order valence-electron chi connectivity index (χ2n) is 7.48. The van der Waals surface area contributed by atoms with Gasteiger partial charge in [-0.15, -0.1) is 0 Å². The maximum absolute atomic E-state index is 11.8. The first-order valence-corrected chi connectivity index (χ1v) is 9.78. The third-order valence-corrected chi connectivity index (χ3v) is 5.32. The van der Waals surface area contributed by atoms with Gasteiger partial charge in [0.15, 0.2) is 0 Å². The molecule has 0 aliphatic carbocycles. The van der Waals surface area contributed by atoms with Gasteiger partial charge in [0, 0.05) is 62.0 Å². The molecule has 0 saturated carbocycles. The lowest BCUT2D eigenvalue weighted by molar-refractivity contribution is -0.133. The minimum absolute atomic E-state index is 0.187. The fourth-order valence-electron chi connectivity index (χ4n) is 3.47. The molecule has 1 amide bonds. The molecule has 7 heteroatoms. The van der Waals surface area contributed by atoms with Crippen molar-refractivity contribution in [3.63, 3.8) is 0 Å². The molecule has 150 valence electrons. The van der Waals surface area contributed by atoms with Gasteiger partial charge in [0.1, 0.15) is 5.82 Å². The quantitative estimate of drug-likeness (QED) is 0.671. The number of nitrogens with one attached hydrogen (secondary N) is 1. The molecule has 1 aromatic carbocycles. The molecule has 7 nitrogen and oxygen atoms in total. The van der Waals surface area contributed by atoms with Crippen molar-refractivity contribution in [2.45, 2.75) is 19.4 Å². The van der Waals surface area contributed by atoms with Crippen molar-refractivity contribution < 1.29 is 9.53 Å². The van der Waals surface area contributed by atoms with Gasteiger partial charge in [-0.1, -0.05) is 6.07 Å². The van der Waals surface area contributed by atoms with Crippen molar-refractivity contribution in [1.29, 1.82) is 0 Å². The SMILES string of the molecule is CN1CCC(COc2ccc(CNc3ccc4c(N)nccc4c3)cn2)CC1=O. The highest BCUT2D eigenvalue weighted by atomic mass is 16.5. The third kappa shape index (κ3) is 4.56. The summed E-state index contributed by atoms with van der Waals surface area (Å²) in [5, 5.41) is 5.40. The van der Waals surface area contributed by atoms with Gasteiger partial charge in [0.05, 0.1) is 6.61 Å². The van der Waals surface area contributed by atoms with Gasteiger partial charge in [-0.05, 0) is 41.6 Å². The molecule has 0 radical (unpaired) electrons. The maximum Gasteiger partial charge on any atom is 0.222 e. The number of rotatable bonds is 6. The van der Waals surface area contributed by atoms with Crippen molar-refractivity contribution in [2.24, 2.45) is 5.92 Å². The minimum Gasteiger partial charge on any atom is -0.477 e. The molecular weight excluding hydrogens is 366 g/mol. The number of aromatic nitrogens is 2. The Kier molecular flexibility index (Phi) is 5.46. The van der Waals surface area contributed by atoms with Crippen LogP contribution < -0.4 is 15.8 Å². The first-order valence-electron chi connectivity index (χ1n) is 9.78. The number of anilines is 2. The highest BCUT2D eigenvalue weighted by molar-refractivity contribution is 5.92. The molecular formula is C22H25N5O2. The Labute approximate surface area is 169 Å². The summed E-state index contributed by atoms with van der Waals surface area (Å²) in [6.45, 7) is 1.98. The van der Waals surface area contributed by atoms with E-state index in [-0.39, 0.29) is 11.8 Å². The number of nitrogens with zero attached hydrogens (tertiary/aromatic N) is 3. The predicted octanol–water partition coefficient (Wildman–Crippen LogP) is 3.07. The Bertz CT molecular complexity index is 1010. The normalized spacial score (nSPS) is 16.8. The largest absolute Gasteiger partial charge is 0.477 e. The van der Waals surface area contributed by atoms with Gasteiger partial charge in [0.25, 0.3) is 0 Å². The molecule has 1 aliphatic rings. The van der Waals surface area contributed by atoms with Crippen LogP contribution >= 0.6 is 0 Å². The molecule has 1 fully saturated rings. The number of ether oxygens (including phenoxy) is 1. The zero-order valence-electron chi connectivity index (χ0n) is 16.5. The molecule has 3 aromatic rings. The monoisotopic (exact) mass is 391 g/mol. The standard InChI is InChI=1S/C22H25N5O2/c1-27-9-7-15(10-21(27)28)14-29-20-5-2-16(13-26-20)12-25-18-3-4-19-17(11-18)6-8-24-22(19)23/h2-6,8,11,13,15,25H,7,9-10,12,14H2,1H3,(H2,23,24). The van der Waals surface area contributed by atoms with Crippen LogP contribution in [0.2, 0.25) is 0 Å². The van der Waals surface area contributed by atoms with Crippen molar-refractivity contribution in [1.82, 2.24) is 14.9 Å². The lowest BCUT2D eigenvalue weighted by Crippen LogP contribution is -2.37. The summed E-state index contributed by atoms with van der Waals surface area (Å²) in [4.78, 5) is 22.1. The van der Waals surface area contributed by atoms with Crippen LogP contribution in [-0.4, -0.2) is 41.0 Å². The Morgan fingerprint density at radius 3 is 2.93 bits per heavy atom. The topological polar surface area (TPSA) is 93.4 Å². The van der Waals surface area contributed by atoms with Gasteiger partial charge in [-0.25, -0.2) is 9.97 Å². The van der Waals surface area contributed by atoms with Gasteiger partial charge in [0.2, 0.25) is 11.8 Å². The number of likely N-dealkylation sites (tertiary alicyclic amines) is 1. The Hall–Kier alpha value is -3.35. The summed E-state index contributed by atoms with van der Waals surface area (Å²) >= 11 is 0. The van der Waals surface area contributed by atoms with E-state index in [0.717, 1.165) is 35.0 Å². The highest BCUT2D eigenvalue weighted by Gasteiger charge is 2.23. The first-order chi connectivity index (χ1) is 14.1. The van der Waals surface area contributed by atoms with Gasteiger partial charge >= 0.3 is 0 Å². The van der Waals surface area contributed by atoms with Crippen LogP contribution in [0, 0.1) is 5.92 Å². The summed E-state index contributed by atoms with van der Waals surface area (Å²) < 4.78 is 5.79. The van der Waals surface area contributed by atoms with Gasteiger partial charge in [-0.2, -0.15) is 0 Å². The number of nitrogens with two attached hydrogens (primary N) is 1. The number of fused-ring (bicyclic) bond motifs is 1. The van der Waals surface area contributed by atoms with E-state index < -0.39 is 0 Å². The second-order valence-corrected chi connectivity index (χ2v) is 7.48. The molecule has 1 unspecified atom stereocenters. The summed E-state index contributed by atoms with van der Waals surface area (Å²) in [6.07, 6.45) is 5.04. The van der Waals surface area contributed by atoms with E-state index in [4.69, 9.17) is 10.5 Å². The maximum atomic E-state index is 11.8. The lowest BCUT2D eigenvalue weighted by Gasteiger charge is -2.28. The van der Waals surface area contributed by atoms with Crippen LogP contribution in [0.25, 0.3) is 10.8 Å². The smallest absolute Gasteiger partial charge is 0.222 e. The minimum atomic E-state index is 0.187. The molecule has 29 heavy (non-hydrogen) atoms. The van der Waals surface area contributed by atoms with E-state index in [0.29, 0.717) is 31.3 Å². The molecule has 1 aliphatic heterocycles. The molecule has 2 aromatic heterocycles. The molecule has 3 heterocycles. The zero-order valence-corrected chi connectivity index (χ0v) is 16.5. The van der Waals surface area contributed by atoms with E-state index in [9.17, 15) is 4.79 Å². The summed E-state index contributed by atoms with van der Waals surface area (Å²) in [6, 6.07) is 11.8. The Morgan fingerprint density at radius 1 is 1.24 bits per heavy atom. The zero-order chi connectivity index (χ0) is 20.2. The summed E-state index contributed by atoms with van der Waals surface area (Å²) in [5.74, 6) is 1.58. The number of nitrogen functional groups attached to an aromatic ring is 1. The molecule has 1 atom stereocenters. The van der Waals surface area contributed by atoms with Crippen LogP contribution in [0.1, 0.15) is 18.4 Å². The number of amides is 1. The number of carbonyl (C=O) groups excluding carboxylic acids is 1. The van der Waals surface area contributed by atoms with Crippen LogP contribution in [0.15, 0.2) is 48.8 Å². The van der Waals surface area contributed by atoms with Crippen molar-refractivity contribution in [3.05, 3.63) is 54.4 Å². The number of hydrogen-bond donors (Lipinski definition) is 2. The fourth-order valence-corrected chi connectivity index (χ4v) is 3.47. The van der Waals surface area contributed by atoms with Gasteiger partial charge in [-0.3, -0.25) is 4.79 Å². The van der Waals surface area contributed by atoms with E-state index in [1.807, 2.05) is 43.6 Å². The number of pyridine rings is 2. The molecule has 4 rings (SSSR count). The van der Waals surface area contributed by atoms with E-state index in [1.54, 1.807) is 11.1 Å². The number of hydrogen-bond acceptors (Lipinski definition) is 6. The van der Waals surface area contributed by atoms with Crippen LogP contribution in [0.4, 0.5) is 11.5 Å². The number of piperidine rings is 1. The summed E-state index contributed by atoms with van der Waals surface area (Å²) in [5.41, 5.74) is 7.97. The average Bonchev–Trinajstić information content (AvgIpc) is 2.74. The number of benzene rings is 1. The molecule has 0 spiro atoms. The molecule has 1 saturated heterocycles. The summed E-state index contributed by atoms with van der Waals surface area (Å²) in [7, 11) is 1.85. The highest BCUT2D eigenvalue weighted by Crippen LogP contribution is 2.23. The predicted molar refractivity (Wildman–Crippen MR) is 114 cm³/mol. The second kappa shape index (κ2) is 8.34. The third-order valence-electron chi connectivity index (χ3n) is 5.32. The van der Waals surface area contributed by atoms with Crippen LogP contribution in [0.5, 0.6) is 5.88 Å². The molecule has 0 bridgehead atoms. The fraction of sp³-hybridized carbons (Fsp3) is 0.318. The van der Waals surface area contributed by atoms with Crippen molar-refractivity contribution in [3.8, 4) is 5.88 Å². The number of carbonyl (C=O) groups is 1. The average molecular weight is 391 g/mol. The van der Waals surface area contributed by atoms with Crippen molar-refractivity contribution in [2.75, 3.05) is 31.2 Å². The van der Waals surface area contributed by atoms with Crippen molar-refractivity contribution >= 4 is 28.2 Å². The Balaban J connectivity index is 1.30. The van der Waals surface area contributed by atoms with Gasteiger partial charge < -0.3 is 20.7 Å². The Morgan fingerprint density at radius 2 is 2.14 bits per heavy atom. The van der Waals surface area contributed by atoms with E-state index in [2.05, 4.69) is 21.4 Å². The van der Waals surface area contributed by atoms with E-state index in [1.165, 1.54) is 0 Å². The van der Waals surface area contributed by atoms with E-state index >= 15 is 0 Å². The lowest BCUT2D eigenvalue weighted by atomic mass is 9.98.